The van der Waals surface area contributed by atoms with Crippen molar-refractivity contribution in [3.05, 3.63) is 0 Å². The van der Waals surface area contributed by atoms with Crippen LogP contribution in [0, 0.1) is 46.3 Å². The molecule has 0 aromatic heterocycles. The number of aliphatic hydroxyl groups is 3. The van der Waals surface area contributed by atoms with Gasteiger partial charge in [-0.2, -0.15) is 0 Å². The van der Waals surface area contributed by atoms with E-state index in [9.17, 15) is 20.1 Å². The van der Waals surface area contributed by atoms with E-state index >= 15 is 0 Å². The van der Waals surface area contributed by atoms with Crippen molar-refractivity contribution < 1.29 is 24.9 Å². The average molecular weight is 493 g/mol. The van der Waals surface area contributed by atoms with Crippen molar-refractivity contribution in [2.24, 2.45) is 46.3 Å². The zero-order valence-corrected chi connectivity index (χ0v) is 23.3. The molecule has 0 radical (unpaired) electrons. The number of carbonyl (C=O) groups excluding carboxylic acids is 1. The molecule has 0 amide bonds. The highest BCUT2D eigenvalue weighted by atomic mass is 16.6. The second-order valence-electron chi connectivity index (χ2n) is 14.2. The Labute approximate surface area is 213 Å². The summed E-state index contributed by atoms with van der Waals surface area (Å²) in [5.74, 6) is 2.89. The first kappa shape index (κ1) is 27.4. The van der Waals surface area contributed by atoms with Crippen LogP contribution >= 0.6 is 0 Å². The maximum absolute atomic E-state index is 11.7. The fourth-order valence-electron chi connectivity index (χ4n) is 9.77. The van der Waals surface area contributed by atoms with E-state index < -0.39 is 23.4 Å². The van der Waals surface area contributed by atoms with E-state index in [2.05, 4.69) is 27.7 Å². The summed E-state index contributed by atoms with van der Waals surface area (Å²) in [7, 11) is 0. The van der Waals surface area contributed by atoms with E-state index in [4.69, 9.17) is 4.74 Å². The van der Waals surface area contributed by atoms with Gasteiger partial charge in [0.15, 0.2) is 0 Å². The van der Waals surface area contributed by atoms with Crippen LogP contribution in [-0.2, 0) is 9.53 Å². The molecule has 5 heteroatoms. The minimum atomic E-state index is -1.16. The summed E-state index contributed by atoms with van der Waals surface area (Å²) in [6.45, 7) is 14.9. The molecule has 3 N–H and O–H groups in total. The number of ether oxygens (including phenoxy) is 1. The van der Waals surface area contributed by atoms with Crippen molar-refractivity contribution in [1.29, 1.82) is 0 Å². The lowest BCUT2D eigenvalue weighted by Crippen LogP contribution is -2.68. The van der Waals surface area contributed by atoms with Gasteiger partial charge in [-0.3, -0.25) is 4.79 Å². The number of carbonyl (C=O) groups is 1. The normalized spacial score (nSPS) is 47.3. The number of fused-ring (bicyclic) bond motifs is 5. The maximum Gasteiger partial charge on any atom is 0.303 e. The average Bonchev–Trinajstić information content (AvgIpc) is 3.10. The molecule has 0 aromatic carbocycles. The zero-order valence-electron chi connectivity index (χ0n) is 23.3. The molecule has 0 aliphatic heterocycles. The first-order chi connectivity index (χ1) is 16.2. The van der Waals surface area contributed by atoms with Crippen molar-refractivity contribution in [2.75, 3.05) is 0 Å². The topological polar surface area (TPSA) is 87.0 Å². The third-order valence-electron chi connectivity index (χ3n) is 12.2. The number of hydrogen-bond acceptors (Lipinski definition) is 5. The van der Waals surface area contributed by atoms with Crippen LogP contribution in [0.5, 0.6) is 0 Å². The largest absolute Gasteiger partial charge is 0.460 e. The van der Waals surface area contributed by atoms with Crippen LogP contribution in [0.4, 0.5) is 0 Å². The minimum Gasteiger partial charge on any atom is -0.460 e. The Morgan fingerprint density at radius 3 is 2.37 bits per heavy atom. The molecule has 4 fully saturated rings. The van der Waals surface area contributed by atoms with Crippen LogP contribution in [0.25, 0.3) is 0 Å². The monoisotopic (exact) mass is 492 g/mol. The van der Waals surface area contributed by atoms with Crippen molar-refractivity contribution in [1.82, 2.24) is 0 Å². The van der Waals surface area contributed by atoms with Gasteiger partial charge in [0, 0.05) is 18.8 Å². The molecule has 0 aromatic rings. The number of esters is 1. The standard InChI is InChI=1S/C30H52O5/c1-18(8-9-19(2)27(4,5)35-20(3)31)23-10-11-24-22-16-26(33)30(34)17-21(32)12-15-29(30,7)25(22)13-14-28(23,24)6/h18-19,21-26,32-34H,8-17H2,1-7H3/t18-,19+,21?,22?,23?,24?,25?,26?,28?,29?,30+/m1/s1. The predicted octanol–water partition coefficient (Wildman–Crippen LogP) is 5.49. The van der Waals surface area contributed by atoms with Gasteiger partial charge < -0.3 is 20.1 Å². The SMILES string of the molecule is CC(=O)OC(C)(C)[C@@H](C)CC[C@@H](C)C1CCC2C3CC(O)[C@@]4(O)CC(O)CCC4(C)C3CCC21C. The summed E-state index contributed by atoms with van der Waals surface area (Å²) in [4.78, 5) is 11.5. The lowest BCUT2D eigenvalue weighted by atomic mass is 9.42. The van der Waals surface area contributed by atoms with Crippen LogP contribution in [0.3, 0.4) is 0 Å². The molecule has 35 heavy (non-hydrogen) atoms. The van der Waals surface area contributed by atoms with Crippen molar-refractivity contribution >= 4 is 5.97 Å². The van der Waals surface area contributed by atoms with Gasteiger partial charge in [0.25, 0.3) is 0 Å². The van der Waals surface area contributed by atoms with Gasteiger partial charge in [0.1, 0.15) is 5.60 Å². The molecule has 0 saturated heterocycles. The highest BCUT2D eigenvalue weighted by molar-refractivity contribution is 5.66. The summed E-state index contributed by atoms with van der Waals surface area (Å²) in [5.41, 5.74) is -1.62. The van der Waals surface area contributed by atoms with Gasteiger partial charge in [-0.05, 0) is 106 Å². The number of hydrogen-bond donors (Lipinski definition) is 3. The van der Waals surface area contributed by atoms with Crippen LogP contribution in [-0.4, -0.2) is 44.7 Å². The van der Waals surface area contributed by atoms with E-state index in [-0.39, 0.29) is 16.8 Å². The number of rotatable bonds is 6. The molecule has 4 aliphatic rings. The van der Waals surface area contributed by atoms with Crippen LogP contribution in [0.2, 0.25) is 0 Å². The zero-order chi connectivity index (χ0) is 26.0. The third-order valence-corrected chi connectivity index (χ3v) is 12.2. The van der Waals surface area contributed by atoms with Gasteiger partial charge >= 0.3 is 5.97 Å². The second-order valence-corrected chi connectivity index (χ2v) is 14.2. The van der Waals surface area contributed by atoms with Gasteiger partial charge in [-0.25, -0.2) is 0 Å². The smallest absolute Gasteiger partial charge is 0.303 e. The van der Waals surface area contributed by atoms with E-state index in [1.807, 2.05) is 13.8 Å². The Hall–Kier alpha value is -0.650. The molecule has 4 saturated carbocycles. The Morgan fingerprint density at radius 2 is 1.71 bits per heavy atom. The van der Waals surface area contributed by atoms with Gasteiger partial charge in [-0.1, -0.05) is 34.1 Å². The van der Waals surface area contributed by atoms with Crippen LogP contribution in [0.1, 0.15) is 113 Å². The molecule has 0 spiro atoms. The molecular formula is C30H52O5. The summed E-state index contributed by atoms with van der Waals surface area (Å²) in [6, 6.07) is 0. The predicted molar refractivity (Wildman–Crippen MR) is 137 cm³/mol. The Morgan fingerprint density at radius 1 is 1.03 bits per heavy atom. The molecule has 202 valence electrons. The number of aliphatic hydroxyl groups excluding tert-OH is 2. The first-order valence-corrected chi connectivity index (χ1v) is 14.4. The minimum absolute atomic E-state index is 0.208. The quantitative estimate of drug-likeness (QED) is 0.427. The molecule has 8 unspecified atom stereocenters. The molecule has 0 bridgehead atoms. The Kier molecular flexibility index (Phi) is 7.26. The van der Waals surface area contributed by atoms with E-state index in [0.29, 0.717) is 48.3 Å². The van der Waals surface area contributed by atoms with E-state index in [1.165, 1.54) is 26.2 Å². The second kappa shape index (κ2) is 9.27. The maximum atomic E-state index is 11.7. The molecule has 4 aliphatic carbocycles. The summed E-state index contributed by atoms with van der Waals surface area (Å²) in [5, 5.41) is 33.2. The van der Waals surface area contributed by atoms with Crippen molar-refractivity contribution in [2.45, 2.75) is 136 Å². The molecule has 4 rings (SSSR count). The molecule has 0 heterocycles. The summed E-state index contributed by atoms with van der Waals surface area (Å²) >= 11 is 0. The van der Waals surface area contributed by atoms with Crippen molar-refractivity contribution in [3.63, 3.8) is 0 Å². The van der Waals surface area contributed by atoms with Crippen LogP contribution in [0.15, 0.2) is 0 Å². The first-order valence-electron chi connectivity index (χ1n) is 14.4. The molecule has 11 atom stereocenters. The Balaban J connectivity index is 1.46. The van der Waals surface area contributed by atoms with E-state index in [1.54, 1.807) is 0 Å². The van der Waals surface area contributed by atoms with Gasteiger partial charge in [-0.15, -0.1) is 0 Å². The lowest BCUT2D eigenvalue weighted by Gasteiger charge is -2.65. The van der Waals surface area contributed by atoms with Gasteiger partial charge in [0.2, 0.25) is 0 Å². The molecular weight excluding hydrogens is 440 g/mol. The summed E-state index contributed by atoms with van der Waals surface area (Å²) < 4.78 is 5.60. The lowest BCUT2D eigenvalue weighted by molar-refractivity contribution is -0.264. The highest BCUT2D eigenvalue weighted by Crippen LogP contribution is 2.69. The fraction of sp³-hybridized carbons (Fsp3) is 0.967. The van der Waals surface area contributed by atoms with Crippen molar-refractivity contribution in [3.8, 4) is 0 Å². The van der Waals surface area contributed by atoms with Crippen LogP contribution < -0.4 is 0 Å². The van der Waals surface area contributed by atoms with Gasteiger partial charge in [0.05, 0.1) is 17.8 Å². The van der Waals surface area contributed by atoms with E-state index in [0.717, 1.165) is 32.1 Å². The highest BCUT2D eigenvalue weighted by Gasteiger charge is 2.67. The fourth-order valence-corrected chi connectivity index (χ4v) is 9.77. The molecule has 5 nitrogen and oxygen atoms in total. The summed E-state index contributed by atoms with van der Waals surface area (Å²) in [6.07, 6.45) is 8.29. The Bertz CT molecular complexity index is 796. The third kappa shape index (κ3) is 4.40.